The average Bonchev–Trinajstić information content (AvgIpc) is 3.30. The molecule has 3 aromatic carbocycles. The molecule has 0 amide bonds. The van der Waals surface area contributed by atoms with E-state index in [0.29, 0.717) is 30.3 Å². The van der Waals surface area contributed by atoms with Gasteiger partial charge in [-0.25, -0.2) is 0 Å². The zero-order valence-corrected chi connectivity index (χ0v) is 24.2. The number of benzene rings is 3. The van der Waals surface area contributed by atoms with Gasteiger partial charge in [-0.2, -0.15) is 0 Å². The van der Waals surface area contributed by atoms with E-state index >= 15 is 0 Å². The lowest BCUT2D eigenvalue weighted by atomic mass is 9.84. The Morgan fingerprint density at radius 2 is 0.946 bits per heavy atom. The van der Waals surface area contributed by atoms with Crippen LogP contribution in [0.15, 0.2) is 66.7 Å². The van der Waals surface area contributed by atoms with Gasteiger partial charge >= 0.3 is 7.19 Å². The molecule has 0 aromatic heterocycles. The molecule has 4 rings (SSSR count). The third-order valence-electron chi connectivity index (χ3n) is 7.62. The van der Waals surface area contributed by atoms with Crippen LogP contribution in [0.2, 0.25) is 0 Å². The van der Waals surface area contributed by atoms with E-state index in [9.17, 15) is 0 Å². The molecule has 3 aromatic rings. The van der Waals surface area contributed by atoms with Crippen molar-refractivity contribution in [1.82, 2.24) is 0 Å². The lowest BCUT2D eigenvalue weighted by Crippen LogP contribution is -2.48. The van der Waals surface area contributed by atoms with Crippen LogP contribution >= 0.6 is 0 Å². The van der Waals surface area contributed by atoms with Crippen molar-refractivity contribution >= 4 is 18.6 Å². The fourth-order valence-corrected chi connectivity index (χ4v) is 5.66. The Labute approximate surface area is 226 Å². The van der Waals surface area contributed by atoms with Gasteiger partial charge < -0.3 is 14.3 Å². The summed E-state index contributed by atoms with van der Waals surface area (Å²) in [6, 6.07) is 24.3. The van der Waals surface area contributed by atoms with E-state index in [4.69, 9.17) is 4.65 Å². The maximum atomic E-state index is 6.91. The Hall–Kier alpha value is -2.72. The van der Waals surface area contributed by atoms with Crippen LogP contribution in [0.4, 0.5) is 11.4 Å². The van der Waals surface area contributed by atoms with Gasteiger partial charge in [-0.05, 0) is 51.5 Å². The SMILES string of the molecule is CC(C)c1cccc(C(C)C)c1N1CCN(c2c(C(C)C)cccc2C(C)C)B1OCc1ccccc1. The molecule has 0 saturated carbocycles. The standard InChI is InChI=1S/C33H45BN2O/c1-23(2)28-16-12-17-29(24(3)4)32(28)35-20-21-36(34(35)37-22-27-14-10-9-11-15-27)33-30(25(5)6)18-13-19-31(33)26(7)8/h9-19,23-26H,20-22H2,1-8H3. The summed E-state index contributed by atoms with van der Waals surface area (Å²) < 4.78 is 6.91. The van der Waals surface area contributed by atoms with Crippen molar-refractivity contribution in [1.29, 1.82) is 0 Å². The second-order valence-corrected chi connectivity index (χ2v) is 11.7. The summed E-state index contributed by atoms with van der Waals surface area (Å²) >= 11 is 0. The highest BCUT2D eigenvalue weighted by Crippen LogP contribution is 2.42. The molecule has 1 aliphatic rings. The van der Waals surface area contributed by atoms with Gasteiger partial charge in [0.05, 0.1) is 6.61 Å². The van der Waals surface area contributed by atoms with Crippen molar-refractivity contribution in [3.8, 4) is 0 Å². The molecule has 0 bridgehead atoms. The zero-order chi connectivity index (χ0) is 26.7. The van der Waals surface area contributed by atoms with Gasteiger partial charge in [0.1, 0.15) is 0 Å². The monoisotopic (exact) mass is 496 g/mol. The quantitative estimate of drug-likeness (QED) is 0.276. The molecule has 1 heterocycles. The molecule has 0 aliphatic carbocycles. The van der Waals surface area contributed by atoms with Gasteiger partial charge in [-0.3, -0.25) is 0 Å². The number of hydrogen-bond acceptors (Lipinski definition) is 3. The van der Waals surface area contributed by atoms with E-state index in [1.807, 2.05) is 0 Å². The van der Waals surface area contributed by atoms with E-state index in [1.54, 1.807) is 0 Å². The fraction of sp³-hybridized carbons (Fsp3) is 0.455. The summed E-state index contributed by atoms with van der Waals surface area (Å²) in [4.78, 5) is 5.10. The van der Waals surface area contributed by atoms with Crippen LogP contribution in [0.3, 0.4) is 0 Å². The molecule has 1 saturated heterocycles. The number of nitrogens with zero attached hydrogens (tertiary/aromatic N) is 2. The molecular formula is C33H45BN2O. The Bertz CT molecular complexity index is 1050. The highest BCUT2D eigenvalue weighted by molar-refractivity contribution is 6.62. The molecule has 37 heavy (non-hydrogen) atoms. The lowest BCUT2D eigenvalue weighted by Gasteiger charge is -2.35. The van der Waals surface area contributed by atoms with Crippen molar-refractivity contribution in [3.63, 3.8) is 0 Å². The van der Waals surface area contributed by atoms with E-state index in [0.717, 1.165) is 13.1 Å². The van der Waals surface area contributed by atoms with Crippen molar-refractivity contribution in [2.45, 2.75) is 85.7 Å². The summed E-state index contributed by atoms with van der Waals surface area (Å²) in [5.74, 6) is 1.75. The Morgan fingerprint density at radius 1 is 0.568 bits per heavy atom. The molecular weight excluding hydrogens is 451 g/mol. The third-order valence-corrected chi connectivity index (χ3v) is 7.62. The summed E-state index contributed by atoms with van der Waals surface area (Å²) in [6.45, 7) is 20.9. The zero-order valence-electron chi connectivity index (χ0n) is 24.2. The van der Waals surface area contributed by atoms with Crippen LogP contribution in [0.5, 0.6) is 0 Å². The van der Waals surface area contributed by atoms with Gasteiger partial charge in [-0.15, -0.1) is 0 Å². The van der Waals surface area contributed by atoms with Crippen LogP contribution in [0.1, 0.15) is 107 Å². The molecule has 0 N–H and O–H groups in total. The average molecular weight is 497 g/mol. The second-order valence-electron chi connectivity index (χ2n) is 11.7. The topological polar surface area (TPSA) is 15.7 Å². The van der Waals surface area contributed by atoms with Crippen LogP contribution in [0, 0.1) is 0 Å². The van der Waals surface area contributed by atoms with E-state index in [1.165, 1.54) is 39.2 Å². The molecule has 1 fully saturated rings. The molecule has 0 spiro atoms. The van der Waals surface area contributed by atoms with Gasteiger partial charge in [0.2, 0.25) is 0 Å². The Morgan fingerprint density at radius 3 is 1.30 bits per heavy atom. The van der Waals surface area contributed by atoms with E-state index < -0.39 is 0 Å². The first-order chi connectivity index (χ1) is 17.7. The molecule has 0 radical (unpaired) electrons. The molecule has 4 heteroatoms. The minimum atomic E-state index is -0.171. The minimum Gasteiger partial charge on any atom is -0.393 e. The minimum absolute atomic E-state index is 0.171. The molecule has 0 unspecified atom stereocenters. The highest BCUT2D eigenvalue weighted by atomic mass is 16.5. The normalized spacial score (nSPS) is 14.2. The number of hydrogen-bond donors (Lipinski definition) is 0. The van der Waals surface area contributed by atoms with E-state index in [2.05, 4.69) is 132 Å². The van der Waals surface area contributed by atoms with E-state index in [-0.39, 0.29) is 7.19 Å². The fourth-order valence-electron chi connectivity index (χ4n) is 5.66. The predicted octanol–water partition coefficient (Wildman–Crippen LogP) is 8.71. The smallest absolute Gasteiger partial charge is 0.393 e. The molecule has 196 valence electrons. The van der Waals surface area contributed by atoms with Crippen LogP contribution in [0.25, 0.3) is 0 Å². The molecule has 3 nitrogen and oxygen atoms in total. The van der Waals surface area contributed by atoms with Crippen molar-refractivity contribution in [2.75, 3.05) is 22.7 Å². The summed E-state index contributed by atoms with van der Waals surface area (Å²) in [6.07, 6.45) is 0. The lowest BCUT2D eigenvalue weighted by molar-refractivity contribution is 0.307. The van der Waals surface area contributed by atoms with Crippen LogP contribution in [-0.2, 0) is 11.3 Å². The second kappa shape index (κ2) is 11.8. The van der Waals surface area contributed by atoms with Crippen LogP contribution < -0.4 is 9.62 Å². The van der Waals surface area contributed by atoms with Crippen LogP contribution in [-0.4, -0.2) is 20.3 Å². The molecule has 0 atom stereocenters. The first-order valence-electron chi connectivity index (χ1n) is 14.1. The summed E-state index contributed by atoms with van der Waals surface area (Å²) in [5.41, 5.74) is 9.55. The Balaban J connectivity index is 1.86. The van der Waals surface area contributed by atoms with Gasteiger partial charge in [-0.1, -0.05) is 122 Å². The predicted molar refractivity (Wildman–Crippen MR) is 161 cm³/mol. The maximum absolute atomic E-state index is 6.91. The molecule has 1 aliphatic heterocycles. The first kappa shape index (κ1) is 27.3. The Kier molecular flexibility index (Phi) is 8.69. The highest BCUT2D eigenvalue weighted by Gasteiger charge is 2.44. The number of rotatable bonds is 9. The van der Waals surface area contributed by atoms with Crippen molar-refractivity contribution < 1.29 is 4.65 Å². The van der Waals surface area contributed by atoms with Crippen molar-refractivity contribution in [2.24, 2.45) is 0 Å². The van der Waals surface area contributed by atoms with Crippen molar-refractivity contribution in [3.05, 3.63) is 94.5 Å². The van der Waals surface area contributed by atoms with Gasteiger partial charge in [0.15, 0.2) is 0 Å². The first-order valence-corrected chi connectivity index (χ1v) is 14.1. The maximum Gasteiger partial charge on any atom is 0.548 e. The summed E-state index contributed by atoms with van der Waals surface area (Å²) in [7, 11) is -0.171. The summed E-state index contributed by atoms with van der Waals surface area (Å²) in [5, 5.41) is 0. The van der Waals surface area contributed by atoms with Gasteiger partial charge in [0.25, 0.3) is 0 Å². The third kappa shape index (κ3) is 5.75. The number of anilines is 2. The largest absolute Gasteiger partial charge is 0.548 e. The van der Waals surface area contributed by atoms with Gasteiger partial charge in [0, 0.05) is 24.5 Å². The number of para-hydroxylation sites is 2.